The SMILES string of the molecule is CCC(C)NC(C)CC(=O)Nc1cc(OC)ccc1OC. The Balaban J connectivity index is 2.65. The fourth-order valence-electron chi connectivity index (χ4n) is 2.05. The summed E-state index contributed by atoms with van der Waals surface area (Å²) in [5.41, 5.74) is 0.623. The Labute approximate surface area is 127 Å². The van der Waals surface area contributed by atoms with E-state index in [1.807, 2.05) is 6.92 Å². The zero-order chi connectivity index (χ0) is 15.8. The van der Waals surface area contributed by atoms with Crippen LogP contribution in [0.5, 0.6) is 11.5 Å². The van der Waals surface area contributed by atoms with Gasteiger partial charge in [0.15, 0.2) is 0 Å². The fourth-order valence-corrected chi connectivity index (χ4v) is 2.05. The number of hydrogen-bond donors (Lipinski definition) is 2. The van der Waals surface area contributed by atoms with Gasteiger partial charge in [-0.1, -0.05) is 6.92 Å². The Morgan fingerprint density at radius 3 is 2.48 bits per heavy atom. The number of methoxy groups -OCH3 is 2. The topological polar surface area (TPSA) is 59.6 Å². The molecule has 1 amide bonds. The third-order valence-electron chi connectivity index (χ3n) is 3.35. The van der Waals surface area contributed by atoms with Crippen LogP contribution < -0.4 is 20.1 Å². The van der Waals surface area contributed by atoms with Crippen molar-refractivity contribution in [3.05, 3.63) is 18.2 Å². The van der Waals surface area contributed by atoms with Crippen molar-refractivity contribution in [1.82, 2.24) is 5.32 Å². The van der Waals surface area contributed by atoms with Gasteiger partial charge in [0, 0.05) is 24.6 Å². The average molecular weight is 294 g/mol. The number of rotatable bonds is 8. The van der Waals surface area contributed by atoms with Gasteiger partial charge in [0.25, 0.3) is 0 Å². The number of anilines is 1. The number of amides is 1. The monoisotopic (exact) mass is 294 g/mol. The molecule has 1 aromatic carbocycles. The molecule has 2 atom stereocenters. The largest absolute Gasteiger partial charge is 0.497 e. The molecule has 0 saturated carbocycles. The maximum atomic E-state index is 12.1. The third kappa shape index (κ3) is 5.63. The Morgan fingerprint density at radius 1 is 1.19 bits per heavy atom. The number of carbonyl (C=O) groups excluding carboxylic acids is 1. The minimum Gasteiger partial charge on any atom is -0.497 e. The first-order valence-electron chi connectivity index (χ1n) is 7.28. The maximum Gasteiger partial charge on any atom is 0.226 e. The van der Waals surface area contributed by atoms with Crippen LogP contribution in [0.2, 0.25) is 0 Å². The summed E-state index contributed by atoms with van der Waals surface area (Å²) in [6.45, 7) is 6.24. The number of benzene rings is 1. The van der Waals surface area contributed by atoms with Gasteiger partial charge in [0.2, 0.25) is 5.91 Å². The zero-order valence-corrected chi connectivity index (χ0v) is 13.5. The van der Waals surface area contributed by atoms with Crippen molar-refractivity contribution in [2.45, 2.75) is 45.7 Å². The Kier molecular flexibility index (Phi) is 7.02. The molecule has 2 N–H and O–H groups in total. The van der Waals surface area contributed by atoms with Crippen LogP contribution >= 0.6 is 0 Å². The average Bonchev–Trinajstić information content (AvgIpc) is 2.46. The number of ether oxygens (including phenoxy) is 2. The fraction of sp³-hybridized carbons (Fsp3) is 0.562. The van der Waals surface area contributed by atoms with E-state index >= 15 is 0 Å². The van der Waals surface area contributed by atoms with Crippen LogP contribution in [0.1, 0.15) is 33.6 Å². The molecule has 0 fully saturated rings. The Hall–Kier alpha value is -1.75. The Morgan fingerprint density at radius 2 is 1.90 bits per heavy atom. The van der Waals surface area contributed by atoms with Gasteiger partial charge >= 0.3 is 0 Å². The van der Waals surface area contributed by atoms with Gasteiger partial charge in [-0.15, -0.1) is 0 Å². The molecule has 0 saturated heterocycles. The molecule has 5 nitrogen and oxygen atoms in total. The van der Waals surface area contributed by atoms with Crippen molar-refractivity contribution < 1.29 is 14.3 Å². The summed E-state index contributed by atoms with van der Waals surface area (Å²) in [5.74, 6) is 1.24. The molecule has 0 radical (unpaired) electrons. The highest BCUT2D eigenvalue weighted by Gasteiger charge is 2.13. The van der Waals surface area contributed by atoms with Gasteiger partial charge in [-0.2, -0.15) is 0 Å². The van der Waals surface area contributed by atoms with E-state index in [-0.39, 0.29) is 11.9 Å². The van der Waals surface area contributed by atoms with E-state index in [1.165, 1.54) is 0 Å². The van der Waals surface area contributed by atoms with Crippen LogP contribution in [-0.4, -0.2) is 32.2 Å². The molecular formula is C16H26N2O3. The second-order valence-corrected chi connectivity index (χ2v) is 5.20. The predicted molar refractivity (Wildman–Crippen MR) is 85.1 cm³/mol. The normalized spacial score (nSPS) is 13.4. The summed E-state index contributed by atoms with van der Waals surface area (Å²) in [5, 5.41) is 6.25. The van der Waals surface area contributed by atoms with Crippen LogP contribution in [0, 0.1) is 0 Å². The van der Waals surface area contributed by atoms with E-state index in [0.29, 0.717) is 29.6 Å². The molecule has 0 aliphatic rings. The van der Waals surface area contributed by atoms with Gasteiger partial charge < -0.3 is 20.1 Å². The van der Waals surface area contributed by atoms with Crippen LogP contribution in [0.15, 0.2) is 18.2 Å². The lowest BCUT2D eigenvalue weighted by atomic mass is 10.1. The molecule has 21 heavy (non-hydrogen) atoms. The molecule has 0 bridgehead atoms. The number of nitrogens with one attached hydrogen (secondary N) is 2. The highest BCUT2D eigenvalue weighted by atomic mass is 16.5. The summed E-state index contributed by atoms with van der Waals surface area (Å²) in [7, 11) is 3.16. The standard InChI is InChI=1S/C16H26N2O3/c1-6-11(2)17-12(3)9-16(19)18-14-10-13(20-4)7-8-15(14)21-5/h7-8,10-12,17H,6,9H2,1-5H3,(H,18,19). The zero-order valence-electron chi connectivity index (χ0n) is 13.5. The third-order valence-corrected chi connectivity index (χ3v) is 3.35. The van der Waals surface area contributed by atoms with Gasteiger partial charge in [-0.25, -0.2) is 0 Å². The highest BCUT2D eigenvalue weighted by molar-refractivity contribution is 5.92. The number of hydrogen-bond acceptors (Lipinski definition) is 4. The highest BCUT2D eigenvalue weighted by Crippen LogP contribution is 2.28. The van der Waals surface area contributed by atoms with E-state index in [9.17, 15) is 4.79 Å². The minimum atomic E-state index is -0.0511. The molecule has 1 rings (SSSR count). The first-order valence-corrected chi connectivity index (χ1v) is 7.28. The van der Waals surface area contributed by atoms with Crippen molar-refractivity contribution in [2.24, 2.45) is 0 Å². The number of carbonyl (C=O) groups is 1. The quantitative estimate of drug-likeness (QED) is 0.774. The molecule has 5 heteroatoms. The first-order chi connectivity index (χ1) is 9.99. The lowest BCUT2D eigenvalue weighted by molar-refractivity contribution is -0.116. The van der Waals surface area contributed by atoms with Crippen molar-refractivity contribution in [2.75, 3.05) is 19.5 Å². The lowest BCUT2D eigenvalue weighted by Crippen LogP contribution is -2.36. The molecule has 0 aliphatic carbocycles. The Bertz CT molecular complexity index is 463. The van der Waals surface area contributed by atoms with Crippen LogP contribution in [-0.2, 0) is 4.79 Å². The second kappa shape index (κ2) is 8.52. The maximum absolute atomic E-state index is 12.1. The van der Waals surface area contributed by atoms with Gasteiger partial charge in [0.05, 0.1) is 19.9 Å². The van der Waals surface area contributed by atoms with Gasteiger partial charge in [-0.05, 0) is 32.4 Å². The molecule has 0 spiro atoms. The van der Waals surface area contributed by atoms with Gasteiger partial charge in [0.1, 0.15) is 11.5 Å². The predicted octanol–water partition coefficient (Wildman–Crippen LogP) is 2.81. The van der Waals surface area contributed by atoms with Crippen molar-refractivity contribution in [3.8, 4) is 11.5 Å². The molecule has 1 aromatic rings. The van der Waals surface area contributed by atoms with Crippen LogP contribution in [0.25, 0.3) is 0 Å². The molecule has 0 aliphatic heterocycles. The van der Waals surface area contributed by atoms with Gasteiger partial charge in [-0.3, -0.25) is 4.79 Å². The first kappa shape index (κ1) is 17.3. The van der Waals surface area contributed by atoms with Crippen molar-refractivity contribution in [1.29, 1.82) is 0 Å². The smallest absolute Gasteiger partial charge is 0.226 e. The van der Waals surface area contributed by atoms with E-state index < -0.39 is 0 Å². The molecule has 0 heterocycles. The summed E-state index contributed by atoms with van der Waals surface area (Å²) in [6.07, 6.45) is 1.44. The summed E-state index contributed by atoms with van der Waals surface area (Å²) in [4.78, 5) is 12.1. The minimum absolute atomic E-state index is 0.0511. The van der Waals surface area contributed by atoms with E-state index in [0.717, 1.165) is 6.42 Å². The molecule has 0 aromatic heterocycles. The summed E-state index contributed by atoms with van der Waals surface area (Å²) < 4.78 is 10.4. The van der Waals surface area contributed by atoms with E-state index in [4.69, 9.17) is 9.47 Å². The van der Waals surface area contributed by atoms with Crippen molar-refractivity contribution >= 4 is 11.6 Å². The van der Waals surface area contributed by atoms with Crippen LogP contribution in [0.3, 0.4) is 0 Å². The second-order valence-electron chi connectivity index (χ2n) is 5.20. The molecule has 118 valence electrons. The lowest BCUT2D eigenvalue weighted by Gasteiger charge is -2.19. The van der Waals surface area contributed by atoms with Crippen molar-refractivity contribution in [3.63, 3.8) is 0 Å². The summed E-state index contributed by atoms with van der Waals surface area (Å²) in [6, 6.07) is 5.84. The van der Waals surface area contributed by atoms with Crippen LogP contribution in [0.4, 0.5) is 5.69 Å². The summed E-state index contributed by atoms with van der Waals surface area (Å²) >= 11 is 0. The molecular weight excluding hydrogens is 268 g/mol. The molecule has 2 unspecified atom stereocenters. The van der Waals surface area contributed by atoms with E-state index in [2.05, 4.69) is 24.5 Å². The van der Waals surface area contributed by atoms with E-state index in [1.54, 1.807) is 32.4 Å².